The fourth-order valence-electron chi connectivity index (χ4n) is 1.01. The fourth-order valence-corrected chi connectivity index (χ4v) is 2.51. The van der Waals surface area contributed by atoms with Gasteiger partial charge in [-0.2, -0.15) is 18.3 Å². The molecular formula is C12H17F3N2O3S2. The summed E-state index contributed by atoms with van der Waals surface area (Å²) in [5.41, 5.74) is 1.41. The van der Waals surface area contributed by atoms with E-state index in [2.05, 4.69) is 5.10 Å². The van der Waals surface area contributed by atoms with Crippen LogP contribution >= 0.6 is 23.5 Å². The Balaban J connectivity index is 5.06. The number of amides is 1. The average molecular weight is 358 g/mol. The third kappa shape index (κ3) is 8.32. The molecule has 0 radical (unpaired) electrons. The lowest BCUT2D eigenvalue weighted by Gasteiger charge is -2.09. The number of halogens is 3. The molecule has 0 unspecified atom stereocenters. The lowest BCUT2D eigenvalue weighted by atomic mass is 10.2. The van der Waals surface area contributed by atoms with Gasteiger partial charge in [0.1, 0.15) is 0 Å². The van der Waals surface area contributed by atoms with Crippen LogP contribution in [-0.2, 0) is 14.3 Å². The molecule has 5 nitrogen and oxygen atoms in total. The van der Waals surface area contributed by atoms with Gasteiger partial charge in [-0.25, -0.2) is 10.2 Å². The van der Waals surface area contributed by atoms with Crippen molar-refractivity contribution in [2.75, 3.05) is 12.9 Å². The van der Waals surface area contributed by atoms with Gasteiger partial charge in [-0.1, -0.05) is 31.7 Å². The molecule has 0 rings (SSSR count). The highest BCUT2D eigenvalue weighted by atomic mass is 32.2. The Kier molecular flexibility index (Phi) is 9.26. The van der Waals surface area contributed by atoms with E-state index in [1.165, 1.54) is 5.43 Å². The Morgan fingerprint density at radius 2 is 1.95 bits per heavy atom. The number of esters is 1. The van der Waals surface area contributed by atoms with Crippen LogP contribution in [0.15, 0.2) is 16.1 Å². The van der Waals surface area contributed by atoms with E-state index in [1.54, 1.807) is 19.3 Å². The average Bonchev–Trinajstić information content (AvgIpc) is 2.40. The minimum absolute atomic E-state index is 0.0276. The second-order valence-electron chi connectivity index (χ2n) is 4.12. The van der Waals surface area contributed by atoms with Crippen molar-refractivity contribution in [2.24, 2.45) is 11.0 Å². The molecule has 22 heavy (non-hydrogen) atoms. The van der Waals surface area contributed by atoms with Gasteiger partial charge < -0.3 is 4.74 Å². The highest BCUT2D eigenvalue weighted by Gasteiger charge is 2.38. The zero-order valence-electron chi connectivity index (χ0n) is 12.5. The molecule has 0 atom stereocenters. The van der Waals surface area contributed by atoms with E-state index in [1.807, 2.05) is 13.8 Å². The maximum Gasteiger partial charge on any atom is 0.473 e. The van der Waals surface area contributed by atoms with Gasteiger partial charge in [0.15, 0.2) is 4.38 Å². The van der Waals surface area contributed by atoms with Gasteiger partial charge >= 0.3 is 18.1 Å². The topological polar surface area (TPSA) is 67.8 Å². The fraction of sp³-hybridized carbons (Fsp3) is 0.583. The van der Waals surface area contributed by atoms with Crippen molar-refractivity contribution in [3.8, 4) is 0 Å². The van der Waals surface area contributed by atoms with Crippen LogP contribution in [0.25, 0.3) is 0 Å². The first-order valence-electron chi connectivity index (χ1n) is 6.17. The summed E-state index contributed by atoms with van der Waals surface area (Å²) < 4.78 is 41.2. The number of rotatable bonds is 5. The third-order valence-corrected chi connectivity index (χ3v) is 3.82. The van der Waals surface area contributed by atoms with Gasteiger partial charge in [-0.05, 0) is 19.1 Å². The predicted molar refractivity (Wildman–Crippen MR) is 82.3 cm³/mol. The number of allylic oxidation sites excluding steroid dienone is 1. The molecule has 0 aliphatic heterocycles. The van der Waals surface area contributed by atoms with Crippen LogP contribution in [0.5, 0.6) is 0 Å². The van der Waals surface area contributed by atoms with Gasteiger partial charge in [0.25, 0.3) is 0 Å². The minimum atomic E-state index is -5.02. The van der Waals surface area contributed by atoms with Gasteiger partial charge in [-0.3, -0.25) is 4.79 Å². The van der Waals surface area contributed by atoms with E-state index in [0.717, 1.165) is 23.5 Å². The normalized spacial score (nSPS) is 13.3. The number of carbonyl (C=O) groups is 2. The van der Waals surface area contributed by atoms with Crippen molar-refractivity contribution in [1.82, 2.24) is 5.43 Å². The minimum Gasteiger partial charge on any atom is -0.462 e. The number of ether oxygens (including phenoxy) is 1. The van der Waals surface area contributed by atoms with Crippen molar-refractivity contribution in [1.29, 1.82) is 0 Å². The van der Waals surface area contributed by atoms with Gasteiger partial charge in [0, 0.05) is 0 Å². The van der Waals surface area contributed by atoms with Gasteiger partial charge in [0.2, 0.25) is 0 Å². The molecule has 10 heteroatoms. The van der Waals surface area contributed by atoms with Crippen molar-refractivity contribution in [3.05, 3.63) is 11.0 Å². The van der Waals surface area contributed by atoms with Crippen LogP contribution in [0, 0.1) is 5.92 Å². The van der Waals surface area contributed by atoms with Crippen LogP contribution in [0.1, 0.15) is 20.8 Å². The number of thioether (sulfide) groups is 2. The van der Waals surface area contributed by atoms with Crippen molar-refractivity contribution >= 4 is 39.8 Å². The maximum absolute atomic E-state index is 12.1. The SMILES string of the molecule is CCOC(=O)/C(=C\C(C)C)S/C(=N/NC(=O)C(F)(F)F)SC. The second kappa shape index (κ2) is 9.78. The molecule has 0 heterocycles. The Labute approximate surface area is 135 Å². The number of hydrazone groups is 1. The second-order valence-corrected chi connectivity index (χ2v) is 6.20. The summed E-state index contributed by atoms with van der Waals surface area (Å²) in [6.07, 6.45) is -1.85. The molecule has 0 aromatic rings. The summed E-state index contributed by atoms with van der Waals surface area (Å²) in [6, 6.07) is 0. The molecule has 1 amide bonds. The van der Waals surface area contributed by atoms with E-state index >= 15 is 0 Å². The monoisotopic (exact) mass is 358 g/mol. The van der Waals surface area contributed by atoms with Crippen LogP contribution in [0.2, 0.25) is 0 Å². The maximum atomic E-state index is 12.1. The first-order valence-corrected chi connectivity index (χ1v) is 8.21. The molecule has 0 saturated carbocycles. The summed E-state index contributed by atoms with van der Waals surface area (Å²) in [5.74, 6) is -2.74. The Morgan fingerprint density at radius 1 is 1.36 bits per heavy atom. The molecule has 0 aliphatic rings. The molecule has 0 spiro atoms. The molecule has 0 bridgehead atoms. The summed E-state index contributed by atoms with van der Waals surface area (Å²) in [4.78, 5) is 22.7. The van der Waals surface area contributed by atoms with Crippen LogP contribution in [0.4, 0.5) is 13.2 Å². The van der Waals surface area contributed by atoms with Crippen LogP contribution in [0.3, 0.4) is 0 Å². The number of nitrogens with zero attached hydrogens (tertiary/aromatic N) is 1. The van der Waals surface area contributed by atoms with E-state index in [0.29, 0.717) is 0 Å². The summed E-state index contributed by atoms with van der Waals surface area (Å²) >= 11 is 1.83. The predicted octanol–water partition coefficient (Wildman–Crippen LogP) is 3.14. The highest BCUT2D eigenvalue weighted by molar-refractivity contribution is 8.40. The molecule has 0 aromatic carbocycles. The summed E-state index contributed by atoms with van der Waals surface area (Å²) in [7, 11) is 0. The number of hydrogen-bond donors (Lipinski definition) is 1. The zero-order valence-corrected chi connectivity index (χ0v) is 14.1. The molecule has 1 N–H and O–H groups in total. The third-order valence-electron chi connectivity index (χ3n) is 1.84. The lowest BCUT2D eigenvalue weighted by molar-refractivity contribution is -0.173. The molecule has 0 fully saturated rings. The van der Waals surface area contributed by atoms with E-state index in [9.17, 15) is 22.8 Å². The quantitative estimate of drug-likeness (QED) is 0.269. The van der Waals surface area contributed by atoms with E-state index in [-0.39, 0.29) is 21.8 Å². The standard InChI is InChI=1S/C12H17F3N2O3S2/c1-5-20-9(18)8(6-7(2)3)22-11(21-4)17-16-10(19)12(13,14)15/h6-7H,5H2,1-4H3,(H,16,19)/b8-6+,17-11+. The smallest absolute Gasteiger partial charge is 0.462 e. The summed E-state index contributed by atoms with van der Waals surface area (Å²) in [5, 5.41) is 3.37. The van der Waals surface area contributed by atoms with Gasteiger partial charge in [0.05, 0.1) is 11.5 Å². The van der Waals surface area contributed by atoms with Crippen molar-refractivity contribution < 1.29 is 27.5 Å². The molecule has 126 valence electrons. The first kappa shape index (κ1) is 20.8. The molecule has 0 saturated heterocycles. The summed E-state index contributed by atoms with van der Waals surface area (Å²) in [6.45, 7) is 5.48. The molecule has 0 aliphatic carbocycles. The van der Waals surface area contributed by atoms with Crippen molar-refractivity contribution in [2.45, 2.75) is 26.9 Å². The van der Waals surface area contributed by atoms with E-state index < -0.39 is 18.1 Å². The molecular weight excluding hydrogens is 341 g/mol. The Morgan fingerprint density at radius 3 is 2.36 bits per heavy atom. The van der Waals surface area contributed by atoms with E-state index in [4.69, 9.17) is 4.74 Å². The Bertz CT molecular complexity index is 463. The van der Waals surface area contributed by atoms with Crippen LogP contribution in [-0.4, -0.2) is 35.3 Å². The van der Waals surface area contributed by atoms with Gasteiger partial charge in [-0.15, -0.1) is 11.8 Å². The molecule has 0 aromatic heterocycles. The zero-order chi connectivity index (χ0) is 17.3. The number of nitrogens with one attached hydrogen (secondary N) is 1. The lowest BCUT2D eigenvalue weighted by Crippen LogP contribution is -2.33. The van der Waals surface area contributed by atoms with Crippen LogP contribution < -0.4 is 5.43 Å². The Hall–Kier alpha value is -1.16. The largest absolute Gasteiger partial charge is 0.473 e. The highest BCUT2D eigenvalue weighted by Crippen LogP contribution is 2.26. The number of alkyl halides is 3. The number of carbonyl (C=O) groups excluding carboxylic acids is 2. The van der Waals surface area contributed by atoms with Crippen molar-refractivity contribution in [3.63, 3.8) is 0 Å². The number of hydrogen-bond acceptors (Lipinski definition) is 6. The first-order chi connectivity index (χ1) is 10.1.